The van der Waals surface area contributed by atoms with Crippen LogP contribution in [0.5, 0.6) is 0 Å². The highest BCUT2D eigenvalue weighted by molar-refractivity contribution is 5.12. The topological polar surface area (TPSA) is 0 Å². The van der Waals surface area contributed by atoms with Gasteiger partial charge in [0.2, 0.25) is 0 Å². The lowest BCUT2D eigenvalue weighted by molar-refractivity contribution is 0.468. The van der Waals surface area contributed by atoms with Crippen molar-refractivity contribution in [3.63, 3.8) is 0 Å². The summed E-state index contributed by atoms with van der Waals surface area (Å²) in [5, 5.41) is 0. The molecule has 0 heterocycles. The van der Waals surface area contributed by atoms with E-state index in [0.717, 1.165) is 0 Å². The van der Waals surface area contributed by atoms with Gasteiger partial charge in [-0.05, 0) is 44.9 Å². The Morgan fingerprint density at radius 3 is 0.839 bits per heavy atom. The monoisotopic (exact) mass is 432 g/mol. The molecular formula is C31H60. The van der Waals surface area contributed by atoms with E-state index >= 15 is 0 Å². The highest BCUT2D eigenvalue weighted by Crippen LogP contribution is 2.35. The van der Waals surface area contributed by atoms with E-state index in [9.17, 15) is 0 Å². The molecule has 0 bridgehead atoms. The van der Waals surface area contributed by atoms with Gasteiger partial charge in [-0.3, -0.25) is 0 Å². The summed E-state index contributed by atoms with van der Waals surface area (Å²) < 4.78 is 0. The van der Waals surface area contributed by atoms with Crippen molar-refractivity contribution in [1.29, 1.82) is 0 Å². The first-order chi connectivity index (χ1) is 15.0. The molecule has 0 atom stereocenters. The van der Waals surface area contributed by atoms with Crippen LogP contribution in [0.3, 0.4) is 0 Å². The van der Waals surface area contributed by atoms with Crippen LogP contribution in [-0.2, 0) is 0 Å². The van der Waals surface area contributed by atoms with E-state index < -0.39 is 0 Å². The summed E-state index contributed by atoms with van der Waals surface area (Å²) in [6.07, 6.45) is 33.4. The molecule has 0 aliphatic heterocycles. The van der Waals surface area contributed by atoms with E-state index in [1.807, 2.05) is 0 Å². The van der Waals surface area contributed by atoms with Crippen molar-refractivity contribution in [2.45, 2.75) is 168 Å². The Balaban J connectivity index is 3.58. The Morgan fingerprint density at radius 2 is 0.613 bits per heavy atom. The van der Waals surface area contributed by atoms with Crippen LogP contribution in [0.25, 0.3) is 0 Å². The van der Waals surface area contributed by atoms with Crippen molar-refractivity contribution >= 4 is 0 Å². The molecule has 0 rings (SSSR count). The average molecular weight is 433 g/mol. The second kappa shape index (κ2) is 23.2. The van der Waals surface area contributed by atoms with Gasteiger partial charge in [0.15, 0.2) is 0 Å². The molecule has 0 nitrogen and oxygen atoms in total. The maximum absolute atomic E-state index is 4.25. The predicted molar refractivity (Wildman–Crippen MR) is 144 cm³/mol. The number of rotatable bonds is 25. The summed E-state index contributed by atoms with van der Waals surface area (Å²) in [5.74, 6) is 1.51. The van der Waals surface area contributed by atoms with Crippen molar-refractivity contribution in [2.24, 2.45) is 5.41 Å². The summed E-state index contributed by atoms with van der Waals surface area (Å²) in [6, 6.07) is 0. The van der Waals surface area contributed by atoms with Gasteiger partial charge >= 0.3 is 0 Å². The van der Waals surface area contributed by atoms with Crippen molar-refractivity contribution in [1.82, 2.24) is 0 Å². The number of unbranched alkanes of at least 4 members (excludes halogenated alkanes) is 20. The number of hydrogen-bond acceptors (Lipinski definition) is 0. The van der Waals surface area contributed by atoms with Crippen molar-refractivity contribution in [2.75, 3.05) is 0 Å². The minimum atomic E-state index is -0.336. The van der Waals surface area contributed by atoms with Gasteiger partial charge in [-0.25, -0.2) is 0 Å². The molecule has 4 radical (unpaired) electrons. The van der Waals surface area contributed by atoms with E-state index in [0.29, 0.717) is 0 Å². The Bertz CT molecular complexity index is 297. The molecule has 0 amide bonds. The van der Waals surface area contributed by atoms with Crippen LogP contribution < -0.4 is 0 Å². The largest absolute Gasteiger partial charge is 0.0654 e. The Kier molecular flexibility index (Phi) is 23.2. The van der Waals surface area contributed by atoms with Gasteiger partial charge in [0.1, 0.15) is 0 Å². The van der Waals surface area contributed by atoms with Gasteiger partial charge in [0.05, 0.1) is 0 Å². The molecule has 0 saturated carbocycles. The molecular weight excluding hydrogens is 372 g/mol. The van der Waals surface area contributed by atoms with Gasteiger partial charge in [-0.1, -0.05) is 155 Å². The third kappa shape index (κ3) is 23.0. The maximum atomic E-state index is 4.25. The summed E-state index contributed by atoms with van der Waals surface area (Å²) in [5.41, 5.74) is -0.336. The molecule has 0 heteroatoms. The fourth-order valence-corrected chi connectivity index (χ4v) is 4.66. The first kappa shape index (κ1) is 31.0. The summed E-state index contributed by atoms with van der Waals surface area (Å²) in [6.45, 7) is 17.3. The maximum Gasteiger partial charge on any atom is -0.0179 e. The third-order valence-electron chi connectivity index (χ3n) is 6.91. The Hall–Kier alpha value is 0. The second-order valence-corrected chi connectivity index (χ2v) is 10.5. The van der Waals surface area contributed by atoms with Crippen LogP contribution in [0, 0.1) is 32.1 Å². The summed E-state index contributed by atoms with van der Waals surface area (Å²) in [7, 11) is 0. The van der Waals surface area contributed by atoms with Crippen molar-refractivity contribution < 1.29 is 0 Å². The molecule has 0 aromatic carbocycles. The average Bonchev–Trinajstić information content (AvgIpc) is 2.73. The minimum absolute atomic E-state index is 0.336. The Labute approximate surface area is 200 Å². The zero-order chi connectivity index (χ0) is 23.0. The lowest BCUT2D eigenvalue weighted by Crippen LogP contribution is -2.19. The third-order valence-corrected chi connectivity index (χ3v) is 6.91. The first-order valence-corrected chi connectivity index (χ1v) is 14.4. The molecule has 0 spiro atoms. The number of hydrogen-bond donors (Lipinski definition) is 0. The zero-order valence-corrected chi connectivity index (χ0v) is 22.1. The first-order valence-electron chi connectivity index (χ1n) is 14.4. The molecule has 184 valence electrons. The predicted octanol–water partition coefficient (Wildman–Crippen LogP) is 11.5. The van der Waals surface area contributed by atoms with Gasteiger partial charge in [0.25, 0.3) is 0 Å². The molecule has 0 fully saturated rings. The summed E-state index contributed by atoms with van der Waals surface area (Å²) >= 11 is 0. The molecule has 31 heavy (non-hydrogen) atoms. The summed E-state index contributed by atoms with van der Waals surface area (Å²) in [4.78, 5) is 0. The second-order valence-electron chi connectivity index (χ2n) is 10.5. The highest BCUT2D eigenvalue weighted by atomic mass is 14.3. The highest BCUT2D eigenvalue weighted by Gasteiger charge is 2.24. The van der Waals surface area contributed by atoms with E-state index in [1.165, 1.54) is 160 Å². The van der Waals surface area contributed by atoms with E-state index in [2.05, 4.69) is 34.6 Å². The van der Waals surface area contributed by atoms with Crippen LogP contribution in [-0.4, -0.2) is 0 Å². The Morgan fingerprint density at radius 1 is 0.387 bits per heavy atom. The van der Waals surface area contributed by atoms with E-state index in [1.54, 1.807) is 0 Å². The van der Waals surface area contributed by atoms with E-state index in [4.69, 9.17) is 0 Å². The SMILES string of the molecule is [CH2]C([CH2])([CH2])[C](CCCCCCCCCCCCC)CCCCCCCCCCCCC. The van der Waals surface area contributed by atoms with Crippen LogP contribution in [0.15, 0.2) is 0 Å². The van der Waals surface area contributed by atoms with Crippen LogP contribution >= 0.6 is 0 Å². The van der Waals surface area contributed by atoms with E-state index in [-0.39, 0.29) is 5.41 Å². The molecule has 0 aliphatic rings. The molecule has 0 unspecified atom stereocenters. The quantitative estimate of drug-likeness (QED) is 0.126. The molecule has 0 aromatic heterocycles. The smallest absolute Gasteiger partial charge is 0.0179 e. The fraction of sp³-hybridized carbons (Fsp3) is 0.871. The van der Waals surface area contributed by atoms with Crippen molar-refractivity contribution in [3.8, 4) is 0 Å². The normalized spacial score (nSPS) is 12.2. The van der Waals surface area contributed by atoms with Crippen LogP contribution in [0.1, 0.15) is 168 Å². The molecule has 0 saturated heterocycles. The fourth-order valence-electron chi connectivity index (χ4n) is 4.66. The van der Waals surface area contributed by atoms with Crippen LogP contribution in [0.4, 0.5) is 0 Å². The van der Waals surface area contributed by atoms with Gasteiger partial charge < -0.3 is 0 Å². The lowest BCUT2D eigenvalue weighted by Gasteiger charge is -2.30. The standard InChI is InChI=1S/C31H60/c1-6-8-10-12-14-16-18-20-22-24-26-28-30(31(3,4)5)29-27-25-23-21-19-17-15-13-11-9-7-2/h3-29H2,1-2H3. The van der Waals surface area contributed by atoms with Crippen LogP contribution in [0.2, 0.25) is 0 Å². The van der Waals surface area contributed by atoms with Gasteiger partial charge in [-0.15, -0.1) is 0 Å². The minimum Gasteiger partial charge on any atom is -0.0654 e. The van der Waals surface area contributed by atoms with Gasteiger partial charge in [0, 0.05) is 0 Å². The van der Waals surface area contributed by atoms with Crippen molar-refractivity contribution in [3.05, 3.63) is 26.7 Å². The molecule has 0 N–H and O–H groups in total. The molecule has 0 aliphatic carbocycles. The molecule has 0 aromatic rings. The van der Waals surface area contributed by atoms with Gasteiger partial charge in [-0.2, -0.15) is 0 Å². The lowest BCUT2D eigenvalue weighted by atomic mass is 9.75. The zero-order valence-electron chi connectivity index (χ0n) is 22.1.